The number of rotatable bonds is 4. The summed E-state index contributed by atoms with van der Waals surface area (Å²) in [6.07, 6.45) is 0. The number of hydrogen-bond donors (Lipinski definition) is 2. The van der Waals surface area contributed by atoms with Crippen molar-refractivity contribution in [2.75, 3.05) is 6.73 Å². The van der Waals surface area contributed by atoms with E-state index in [0.29, 0.717) is 17.7 Å². The van der Waals surface area contributed by atoms with Crippen LogP contribution >= 0.6 is 0 Å². The maximum Gasteiger partial charge on any atom is 0.264 e. The lowest BCUT2D eigenvalue weighted by Gasteiger charge is -2.14. The maximum atomic E-state index is 13.7. The van der Waals surface area contributed by atoms with Crippen molar-refractivity contribution in [1.29, 1.82) is 0 Å². The van der Waals surface area contributed by atoms with Gasteiger partial charge in [-0.1, -0.05) is 66.7 Å². The number of imide groups is 1. The molecule has 1 aliphatic rings. The summed E-state index contributed by atoms with van der Waals surface area (Å²) in [5, 5.41) is 3.38. The fourth-order valence-corrected chi connectivity index (χ4v) is 5.16. The second kappa shape index (κ2) is 7.04. The SMILES string of the molecule is O=C1c2c(c3c4ccccc4[nH]c3c3[nH]c4ccccc4c23)C(=O)N1COCc1ccccc1. The van der Waals surface area contributed by atoms with Crippen LogP contribution in [0, 0.1) is 0 Å². The van der Waals surface area contributed by atoms with E-state index in [1.807, 2.05) is 78.9 Å². The molecule has 0 spiro atoms. The minimum absolute atomic E-state index is 0.102. The molecular weight excluding hydrogens is 426 g/mol. The highest BCUT2D eigenvalue weighted by atomic mass is 16.5. The minimum Gasteiger partial charge on any atom is -0.356 e. The molecule has 0 fully saturated rings. The van der Waals surface area contributed by atoms with Gasteiger partial charge in [-0.05, 0) is 17.7 Å². The highest BCUT2D eigenvalue weighted by Gasteiger charge is 2.41. The van der Waals surface area contributed by atoms with Gasteiger partial charge in [0.25, 0.3) is 11.8 Å². The highest BCUT2D eigenvalue weighted by Crippen LogP contribution is 2.43. The van der Waals surface area contributed by atoms with Crippen LogP contribution in [0.5, 0.6) is 0 Å². The first-order valence-corrected chi connectivity index (χ1v) is 11.2. The molecule has 0 radical (unpaired) electrons. The van der Waals surface area contributed by atoms with Crippen molar-refractivity contribution < 1.29 is 14.3 Å². The molecule has 0 aliphatic carbocycles. The van der Waals surface area contributed by atoms with E-state index in [4.69, 9.17) is 4.74 Å². The summed E-state index contributed by atoms with van der Waals surface area (Å²) >= 11 is 0. The number of aromatic amines is 2. The zero-order chi connectivity index (χ0) is 22.8. The van der Waals surface area contributed by atoms with Crippen molar-refractivity contribution >= 4 is 55.4 Å². The van der Waals surface area contributed by atoms with Crippen molar-refractivity contribution in [3.8, 4) is 0 Å². The number of ether oxygens (including phenoxy) is 1. The second-order valence-electron chi connectivity index (χ2n) is 8.59. The Morgan fingerprint density at radius 2 is 1.15 bits per heavy atom. The summed E-state index contributed by atoms with van der Waals surface area (Å²) < 4.78 is 5.81. The van der Waals surface area contributed by atoms with Gasteiger partial charge in [0.05, 0.1) is 28.8 Å². The topological polar surface area (TPSA) is 78.2 Å². The monoisotopic (exact) mass is 445 g/mol. The van der Waals surface area contributed by atoms with Gasteiger partial charge in [-0.15, -0.1) is 0 Å². The molecule has 6 nitrogen and oxygen atoms in total. The number of fused-ring (bicyclic) bond motifs is 10. The van der Waals surface area contributed by atoms with Gasteiger partial charge in [0.2, 0.25) is 0 Å². The van der Waals surface area contributed by atoms with Crippen molar-refractivity contribution in [2.24, 2.45) is 0 Å². The zero-order valence-corrected chi connectivity index (χ0v) is 18.1. The van der Waals surface area contributed by atoms with Crippen molar-refractivity contribution in [1.82, 2.24) is 14.9 Å². The van der Waals surface area contributed by atoms with Crippen molar-refractivity contribution in [3.05, 3.63) is 95.6 Å². The van der Waals surface area contributed by atoms with Crippen molar-refractivity contribution in [2.45, 2.75) is 6.61 Å². The van der Waals surface area contributed by atoms with Crippen LogP contribution in [0.3, 0.4) is 0 Å². The van der Waals surface area contributed by atoms with Gasteiger partial charge in [0.1, 0.15) is 6.73 Å². The summed E-state index contributed by atoms with van der Waals surface area (Å²) in [4.78, 5) is 35.6. The number of hydrogen-bond acceptors (Lipinski definition) is 3. The molecule has 7 rings (SSSR count). The second-order valence-corrected chi connectivity index (χ2v) is 8.59. The number of amides is 2. The molecule has 164 valence electrons. The van der Waals surface area contributed by atoms with Crippen LogP contribution in [-0.2, 0) is 11.3 Å². The lowest BCUT2D eigenvalue weighted by atomic mass is 9.97. The average molecular weight is 445 g/mol. The molecule has 0 saturated heterocycles. The van der Waals surface area contributed by atoms with Gasteiger partial charge in [0.15, 0.2) is 0 Å². The molecule has 34 heavy (non-hydrogen) atoms. The Balaban J connectivity index is 1.45. The number of benzene rings is 4. The average Bonchev–Trinajstić information content (AvgIpc) is 3.51. The van der Waals surface area contributed by atoms with Crippen LogP contribution in [0.15, 0.2) is 78.9 Å². The molecule has 0 bridgehead atoms. The highest BCUT2D eigenvalue weighted by molar-refractivity contribution is 6.39. The summed E-state index contributed by atoms with van der Waals surface area (Å²) in [7, 11) is 0. The molecular formula is C28H19N3O3. The zero-order valence-electron chi connectivity index (χ0n) is 18.1. The lowest BCUT2D eigenvalue weighted by Crippen LogP contribution is -2.32. The minimum atomic E-state index is -0.324. The summed E-state index contributed by atoms with van der Waals surface area (Å²) in [5.41, 5.74) is 5.38. The summed E-state index contributed by atoms with van der Waals surface area (Å²) in [6.45, 7) is 0.216. The molecule has 2 N–H and O–H groups in total. The first kappa shape index (κ1) is 19.1. The van der Waals surface area contributed by atoms with E-state index in [1.54, 1.807) is 0 Å². The third kappa shape index (κ3) is 2.54. The summed E-state index contributed by atoms with van der Waals surface area (Å²) in [5.74, 6) is -0.648. The standard InChI is InChI=1S/C28H19N3O3/c32-27-23-21-17-10-4-6-12-19(17)29-25(21)26-22(18-11-5-7-13-20(18)30-26)24(23)28(33)31(27)15-34-14-16-8-2-1-3-9-16/h1-13,29-30H,14-15H2. The fourth-order valence-electron chi connectivity index (χ4n) is 5.16. The number of para-hydroxylation sites is 2. The van der Waals surface area contributed by atoms with Gasteiger partial charge in [-0.25, -0.2) is 4.90 Å². The van der Waals surface area contributed by atoms with Crippen LogP contribution in [0.2, 0.25) is 0 Å². The van der Waals surface area contributed by atoms with Gasteiger partial charge in [-0.2, -0.15) is 0 Å². The van der Waals surface area contributed by atoms with E-state index in [9.17, 15) is 9.59 Å². The first-order valence-electron chi connectivity index (χ1n) is 11.2. The molecule has 0 saturated carbocycles. The third-order valence-corrected chi connectivity index (χ3v) is 6.66. The van der Waals surface area contributed by atoms with Crippen LogP contribution < -0.4 is 0 Å². The Morgan fingerprint density at radius 3 is 1.71 bits per heavy atom. The predicted octanol–water partition coefficient (Wildman–Crippen LogP) is 5.73. The fraction of sp³-hybridized carbons (Fsp3) is 0.0714. The summed E-state index contributed by atoms with van der Waals surface area (Å²) in [6, 6.07) is 25.4. The van der Waals surface area contributed by atoms with Gasteiger partial charge in [-0.3, -0.25) is 9.59 Å². The quantitative estimate of drug-likeness (QED) is 0.340. The number of H-pyrrole nitrogens is 2. The molecule has 2 aromatic heterocycles. The van der Waals surface area contributed by atoms with Crippen molar-refractivity contribution in [3.63, 3.8) is 0 Å². The van der Waals surface area contributed by atoms with E-state index in [1.165, 1.54) is 4.90 Å². The third-order valence-electron chi connectivity index (χ3n) is 6.66. The number of nitrogens with one attached hydrogen (secondary N) is 2. The van der Waals surface area contributed by atoms with Gasteiger partial charge in [0, 0.05) is 32.6 Å². The maximum absolute atomic E-state index is 13.7. The molecule has 0 unspecified atom stereocenters. The normalized spacial score (nSPS) is 13.7. The number of carbonyl (C=O) groups is 2. The Morgan fingerprint density at radius 1 is 0.647 bits per heavy atom. The molecule has 2 amide bonds. The Hall–Kier alpha value is -4.42. The predicted molar refractivity (Wildman–Crippen MR) is 132 cm³/mol. The smallest absolute Gasteiger partial charge is 0.264 e. The Labute approximate surface area is 193 Å². The molecule has 0 atom stereocenters. The Bertz CT molecular complexity index is 1670. The number of aromatic nitrogens is 2. The first-order chi connectivity index (χ1) is 16.7. The molecule has 3 heterocycles. The Kier molecular flexibility index (Phi) is 3.95. The number of carbonyl (C=O) groups excluding carboxylic acids is 2. The van der Waals surface area contributed by atoms with Gasteiger partial charge >= 0.3 is 0 Å². The molecule has 6 aromatic rings. The molecule has 4 aromatic carbocycles. The van der Waals surface area contributed by atoms with Gasteiger partial charge < -0.3 is 14.7 Å². The van der Waals surface area contributed by atoms with E-state index < -0.39 is 0 Å². The molecule has 6 heteroatoms. The molecule has 1 aliphatic heterocycles. The lowest BCUT2D eigenvalue weighted by molar-refractivity contribution is 0.0206. The van der Waals surface area contributed by atoms with E-state index in [2.05, 4.69) is 9.97 Å². The van der Waals surface area contributed by atoms with Crippen LogP contribution in [0.25, 0.3) is 43.6 Å². The number of nitrogens with zero attached hydrogens (tertiary/aromatic N) is 1. The van der Waals surface area contributed by atoms with Crippen LogP contribution in [0.4, 0.5) is 0 Å². The van der Waals surface area contributed by atoms with Crippen LogP contribution in [-0.4, -0.2) is 33.4 Å². The van der Waals surface area contributed by atoms with E-state index in [0.717, 1.165) is 49.2 Å². The van der Waals surface area contributed by atoms with Crippen LogP contribution in [0.1, 0.15) is 26.3 Å². The van der Waals surface area contributed by atoms with E-state index >= 15 is 0 Å². The van der Waals surface area contributed by atoms with E-state index in [-0.39, 0.29) is 18.5 Å². The largest absolute Gasteiger partial charge is 0.356 e.